The van der Waals surface area contributed by atoms with Crippen molar-refractivity contribution in [1.82, 2.24) is 0 Å². The van der Waals surface area contributed by atoms with Crippen LogP contribution in [0.4, 0.5) is 0 Å². The first-order valence-electron chi connectivity index (χ1n) is 6.82. The van der Waals surface area contributed by atoms with E-state index in [0.29, 0.717) is 0 Å². The molecule has 0 radical (unpaired) electrons. The molecule has 0 aromatic heterocycles. The third kappa shape index (κ3) is 14.9. The Morgan fingerprint density at radius 3 is 2.12 bits per heavy atom. The average molecular weight is 234 g/mol. The summed E-state index contributed by atoms with van der Waals surface area (Å²) in [5, 5.41) is 0. The van der Waals surface area contributed by atoms with Gasteiger partial charge in [-0.2, -0.15) is 0 Å². The molecule has 0 bridgehead atoms. The van der Waals surface area contributed by atoms with Gasteiger partial charge in [-0.15, -0.1) is 0 Å². The molecule has 0 N–H and O–H groups in total. The van der Waals surface area contributed by atoms with Gasteiger partial charge < -0.3 is 4.79 Å². The van der Waals surface area contributed by atoms with Gasteiger partial charge in [0.1, 0.15) is 6.29 Å². The summed E-state index contributed by atoms with van der Waals surface area (Å²) < 4.78 is 0. The molecule has 0 saturated heterocycles. The fourth-order valence-corrected chi connectivity index (χ4v) is 1.48. The lowest BCUT2D eigenvalue weighted by Gasteiger charge is -1.93. The van der Waals surface area contributed by atoms with Crippen LogP contribution in [-0.4, -0.2) is 6.29 Å². The van der Waals surface area contributed by atoms with E-state index in [-0.39, 0.29) is 0 Å². The Hall–Kier alpha value is -1.11. The molecule has 0 spiro atoms. The molecule has 0 unspecified atom stereocenters. The Labute approximate surface area is 106 Å². The van der Waals surface area contributed by atoms with E-state index in [2.05, 4.69) is 43.4 Å². The van der Waals surface area contributed by atoms with Crippen molar-refractivity contribution >= 4 is 6.29 Å². The quantitative estimate of drug-likeness (QED) is 0.213. The fourth-order valence-electron chi connectivity index (χ4n) is 1.48. The van der Waals surface area contributed by atoms with Crippen LogP contribution >= 0.6 is 0 Å². The van der Waals surface area contributed by atoms with Crippen molar-refractivity contribution in [2.24, 2.45) is 0 Å². The highest BCUT2D eigenvalue weighted by Gasteiger charge is 1.86. The number of rotatable bonds is 11. The molecule has 17 heavy (non-hydrogen) atoms. The normalized spacial score (nSPS) is 12.1. The van der Waals surface area contributed by atoms with Crippen LogP contribution in [0.3, 0.4) is 0 Å². The van der Waals surface area contributed by atoms with Crippen LogP contribution in [-0.2, 0) is 4.79 Å². The zero-order chi connectivity index (χ0) is 12.6. The summed E-state index contributed by atoms with van der Waals surface area (Å²) in [6.07, 6.45) is 22.8. The average Bonchev–Trinajstić information content (AvgIpc) is 2.35. The van der Waals surface area contributed by atoms with Gasteiger partial charge in [0.05, 0.1) is 0 Å². The van der Waals surface area contributed by atoms with Gasteiger partial charge in [0, 0.05) is 6.42 Å². The molecule has 0 saturated carbocycles. The molecular weight excluding hydrogens is 208 g/mol. The minimum Gasteiger partial charge on any atom is -0.303 e. The monoisotopic (exact) mass is 234 g/mol. The first-order chi connectivity index (χ1) is 8.41. The van der Waals surface area contributed by atoms with Crippen LogP contribution in [0, 0.1) is 0 Å². The Balaban J connectivity index is 3.22. The van der Waals surface area contributed by atoms with Crippen LogP contribution in [0.5, 0.6) is 0 Å². The smallest absolute Gasteiger partial charge is 0.119 e. The van der Waals surface area contributed by atoms with Crippen LogP contribution in [0.25, 0.3) is 0 Å². The second kappa shape index (κ2) is 14.9. The maximum Gasteiger partial charge on any atom is 0.119 e. The Morgan fingerprint density at radius 2 is 1.35 bits per heavy atom. The van der Waals surface area contributed by atoms with Crippen molar-refractivity contribution in [3.8, 4) is 0 Å². The van der Waals surface area contributed by atoms with Gasteiger partial charge in [0.25, 0.3) is 0 Å². The second-order valence-corrected chi connectivity index (χ2v) is 4.12. The molecule has 1 heteroatoms. The Morgan fingerprint density at radius 1 is 0.706 bits per heavy atom. The van der Waals surface area contributed by atoms with E-state index in [1.54, 1.807) is 0 Å². The predicted molar refractivity (Wildman–Crippen MR) is 76.1 cm³/mol. The van der Waals surface area contributed by atoms with Crippen molar-refractivity contribution in [3.05, 3.63) is 36.5 Å². The maximum atomic E-state index is 10.1. The lowest BCUT2D eigenvalue weighted by molar-refractivity contribution is -0.107. The highest BCUT2D eigenvalue weighted by atomic mass is 16.1. The summed E-state index contributed by atoms with van der Waals surface area (Å²) >= 11 is 0. The van der Waals surface area contributed by atoms with Gasteiger partial charge in [-0.3, -0.25) is 0 Å². The number of hydrogen-bond acceptors (Lipinski definition) is 1. The van der Waals surface area contributed by atoms with E-state index in [1.807, 2.05) is 0 Å². The zero-order valence-electron chi connectivity index (χ0n) is 11.1. The third-order valence-electron chi connectivity index (χ3n) is 2.48. The number of aldehydes is 1. The first kappa shape index (κ1) is 15.9. The second-order valence-electron chi connectivity index (χ2n) is 4.12. The molecule has 0 aliphatic heterocycles. The number of unbranched alkanes of at least 4 members (excludes halogenated alkanes) is 5. The van der Waals surface area contributed by atoms with Crippen LogP contribution < -0.4 is 0 Å². The number of carbonyl (C=O) groups is 1. The first-order valence-corrected chi connectivity index (χ1v) is 6.82. The van der Waals surface area contributed by atoms with Gasteiger partial charge in [-0.1, -0.05) is 49.8 Å². The Kier molecular flexibility index (Phi) is 13.9. The van der Waals surface area contributed by atoms with E-state index in [1.165, 1.54) is 12.8 Å². The molecule has 0 aliphatic rings. The number of carbonyl (C=O) groups excluding carboxylic acids is 1. The van der Waals surface area contributed by atoms with E-state index in [0.717, 1.165) is 44.8 Å². The molecule has 0 heterocycles. The summed E-state index contributed by atoms with van der Waals surface area (Å²) in [4.78, 5) is 10.1. The van der Waals surface area contributed by atoms with Gasteiger partial charge in [-0.25, -0.2) is 0 Å². The lowest BCUT2D eigenvalue weighted by atomic mass is 10.1. The van der Waals surface area contributed by atoms with Crippen LogP contribution in [0.15, 0.2) is 36.5 Å². The number of allylic oxidation sites excluding steroid dienone is 6. The predicted octanol–water partition coefficient (Wildman–Crippen LogP) is 4.99. The molecular formula is C16H26O. The van der Waals surface area contributed by atoms with Crippen LogP contribution in [0.1, 0.15) is 58.3 Å². The van der Waals surface area contributed by atoms with Crippen molar-refractivity contribution in [3.63, 3.8) is 0 Å². The van der Waals surface area contributed by atoms with Crippen molar-refractivity contribution in [2.75, 3.05) is 0 Å². The summed E-state index contributed by atoms with van der Waals surface area (Å²) in [5.41, 5.74) is 0. The van der Waals surface area contributed by atoms with Gasteiger partial charge in [0.15, 0.2) is 0 Å². The topological polar surface area (TPSA) is 17.1 Å². The van der Waals surface area contributed by atoms with E-state index >= 15 is 0 Å². The zero-order valence-corrected chi connectivity index (χ0v) is 11.1. The molecule has 0 aromatic carbocycles. The van der Waals surface area contributed by atoms with Crippen molar-refractivity contribution < 1.29 is 4.79 Å². The molecule has 1 nitrogen and oxygen atoms in total. The minimum atomic E-state index is 0.722. The fraction of sp³-hybridized carbons (Fsp3) is 0.562. The molecule has 0 fully saturated rings. The molecule has 0 aliphatic carbocycles. The SMILES string of the molecule is CCC=C/C=C/CC/C=C\CCCCCC=O. The van der Waals surface area contributed by atoms with Crippen molar-refractivity contribution in [2.45, 2.75) is 58.3 Å². The van der Waals surface area contributed by atoms with Crippen LogP contribution in [0.2, 0.25) is 0 Å². The van der Waals surface area contributed by atoms with Crippen molar-refractivity contribution in [1.29, 1.82) is 0 Å². The van der Waals surface area contributed by atoms with E-state index < -0.39 is 0 Å². The molecule has 0 rings (SSSR count). The summed E-state index contributed by atoms with van der Waals surface area (Å²) in [5.74, 6) is 0. The lowest BCUT2D eigenvalue weighted by Crippen LogP contribution is -1.77. The van der Waals surface area contributed by atoms with Gasteiger partial charge >= 0.3 is 0 Å². The summed E-state index contributed by atoms with van der Waals surface area (Å²) in [6, 6.07) is 0. The third-order valence-corrected chi connectivity index (χ3v) is 2.48. The highest BCUT2D eigenvalue weighted by molar-refractivity contribution is 5.48. The maximum absolute atomic E-state index is 10.1. The summed E-state index contributed by atoms with van der Waals surface area (Å²) in [7, 11) is 0. The van der Waals surface area contributed by atoms with E-state index in [9.17, 15) is 4.79 Å². The molecule has 0 atom stereocenters. The highest BCUT2D eigenvalue weighted by Crippen LogP contribution is 2.03. The van der Waals surface area contributed by atoms with E-state index in [4.69, 9.17) is 0 Å². The molecule has 96 valence electrons. The minimum absolute atomic E-state index is 0.722. The standard InChI is InChI=1S/C16H26O/c1-2-3-4-5-6-7-8-9-10-11-12-13-14-15-16-17/h3-6,9-10,16H,2,7-8,11-15H2,1H3/b4-3?,6-5+,10-9-. The number of hydrogen-bond donors (Lipinski definition) is 0. The largest absolute Gasteiger partial charge is 0.303 e. The molecule has 0 amide bonds. The van der Waals surface area contributed by atoms with Gasteiger partial charge in [-0.05, 0) is 38.5 Å². The molecule has 0 aromatic rings. The van der Waals surface area contributed by atoms with Gasteiger partial charge in [0.2, 0.25) is 0 Å². The summed E-state index contributed by atoms with van der Waals surface area (Å²) in [6.45, 7) is 2.14. The Bertz CT molecular complexity index is 236.